The van der Waals surface area contributed by atoms with Crippen LogP contribution in [-0.4, -0.2) is 50.8 Å². The van der Waals surface area contributed by atoms with Gasteiger partial charge in [-0.1, -0.05) is 32.8 Å². The molecule has 1 N–H and O–H groups in total. The van der Waals surface area contributed by atoms with Gasteiger partial charge < -0.3 is 10.1 Å². The van der Waals surface area contributed by atoms with Gasteiger partial charge in [-0.3, -0.25) is 4.79 Å². The monoisotopic (exact) mass is 424 g/mol. The van der Waals surface area contributed by atoms with Crippen LogP contribution in [0.1, 0.15) is 56.0 Å². The summed E-state index contributed by atoms with van der Waals surface area (Å²) in [6.45, 7) is 7.54. The third-order valence-corrected chi connectivity index (χ3v) is 7.71. The van der Waals surface area contributed by atoms with E-state index in [1.54, 1.807) is 13.0 Å². The summed E-state index contributed by atoms with van der Waals surface area (Å²) in [4.78, 5) is 25.2. The fraction of sp³-hybridized carbons (Fsp3) is 0.619. The molecule has 1 aliphatic carbocycles. The zero-order valence-electron chi connectivity index (χ0n) is 18.1. The lowest BCUT2D eigenvalue weighted by Gasteiger charge is -2.35. The van der Waals surface area contributed by atoms with E-state index in [-0.39, 0.29) is 22.4 Å². The molecule has 8 heteroatoms. The maximum Gasteiger partial charge on any atom is 0.339 e. The molecular formula is C21H32N2O5S. The van der Waals surface area contributed by atoms with E-state index < -0.39 is 22.1 Å². The van der Waals surface area contributed by atoms with Crippen molar-refractivity contribution in [1.29, 1.82) is 0 Å². The molecule has 29 heavy (non-hydrogen) atoms. The molecule has 2 rings (SSSR count). The molecule has 7 nitrogen and oxygen atoms in total. The maximum atomic E-state index is 12.6. The Morgan fingerprint density at radius 2 is 1.86 bits per heavy atom. The molecule has 0 aromatic heterocycles. The van der Waals surface area contributed by atoms with E-state index in [0.29, 0.717) is 17.4 Å². The molecule has 1 amide bonds. The highest BCUT2D eigenvalue weighted by Gasteiger charge is 2.30. The fourth-order valence-corrected chi connectivity index (χ4v) is 4.48. The smallest absolute Gasteiger partial charge is 0.339 e. The van der Waals surface area contributed by atoms with Gasteiger partial charge in [0.1, 0.15) is 0 Å². The number of rotatable bonds is 6. The van der Waals surface area contributed by atoms with Gasteiger partial charge in [-0.25, -0.2) is 17.5 Å². The molecule has 1 saturated carbocycles. The van der Waals surface area contributed by atoms with Crippen LogP contribution in [-0.2, 0) is 19.6 Å². The number of nitrogens with zero attached hydrogens (tertiary/aromatic N) is 1. The molecule has 4 atom stereocenters. The fourth-order valence-electron chi connectivity index (χ4n) is 3.56. The first-order chi connectivity index (χ1) is 13.4. The van der Waals surface area contributed by atoms with Crippen LogP contribution in [0.25, 0.3) is 0 Å². The summed E-state index contributed by atoms with van der Waals surface area (Å²) in [5.74, 6) is -0.147. The van der Waals surface area contributed by atoms with Crippen molar-refractivity contribution in [3.05, 3.63) is 29.3 Å². The first kappa shape index (κ1) is 23.3. The topological polar surface area (TPSA) is 92.8 Å². The molecule has 0 bridgehead atoms. The number of aryl methyl sites for hydroxylation is 1. The lowest BCUT2D eigenvalue weighted by Crippen LogP contribution is -2.47. The van der Waals surface area contributed by atoms with Crippen LogP contribution in [0.3, 0.4) is 0 Å². The van der Waals surface area contributed by atoms with Crippen LogP contribution < -0.4 is 5.32 Å². The summed E-state index contributed by atoms with van der Waals surface area (Å²) in [6.07, 6.45) is 2.17. The van der Waals surface area contributed by atoms with Crippen molar-refractivity contribution in [3.63, 3.8) is 0 Å². The number of carbonyl (C=O) groups is 2. The van der Waals surface area contributed by atoms with Gasteiger partial charge in [-0.15, -0.1) is 0 Å². The van der Waals surface area contributed by atoms with Gasteiger partial charge >= 0.3 is 5.97 Å². The van der Waals surface area contributed by atoms with Crippen molar-refractivity contribution in [3.8, 4) is 0 Å². The zero-order valence-corrected chi connectivity index (χ0v) is 18.9. The molecule has 0 aliphatic heterocycles. The highest BCUT2D eigenvalue weighted by atomic mass is 32.2. The molecule has 0 saturated heterocycles. The highest BCUT2D eigenvalue weighted by Crippen LogP contribution is 2.29. The number of carbonyl (C=O) groups excluding carboxylic acids is 2. The predicted octanol–water partition coefficient (Wildman–Crippen LogP) is 2.73. The molecule has 1 fully saturated rings. The first-order valence-electron chi connectivity index (χ1n) is 9.99. The quantitative estimate of drug-likeness (QED) is 0.709. The van der Waals surface area contributed by atoms with Crippen molar-refractivity contribution in [1.82, 2.24) is 9.62 Å². The van der Waals surface area contributed by atoms with Crippen LogP contribution in [0, 0.1) is 18.8 Å². The van der Waals surface area contributed by atoms with Crippen molar-refractivity contribution < 1.29 is 22.7 Å². The molecular weight excluding hydrogens is 392 g/mol. The number of esters is 1. The van der Waals surface area contributed by atoms with Gasteiger partial charge in [0.25, 0.3) is 5.91 Å². The molecule has 1 aliphatic rings. The minimum Gasteiger partial charge on any atom is -0.449 e. The Bertz CT molecular complexity index is 866. The van der Waals surface area contributed by atoms with Gasteiger partial charge in [-0.2, -0.15) is 0 Å². The second-order valence-corrected chi connectivity index (χ2v) is 10.3. The van der Waals surface area contributed by atoms with Gasteiger partial charge in [-0.05, 0) is 49.8 Å². The Balaban J connectivity index is 2.10. The predicted molar refractivity (Wildman–Crippen MR) is 111 cm³/mol. The van der Waals surface area contributed by atoms with Crippen molar-refractivity contribution in [2.24, 2.45) is 11.8 Å². The van der Waals surface area contributed by atoms with E-state index >= 15 is 0 Å². The van der Waals surface area contributed by atoms with E-state index in [1.165, 1.54) is 33.2 Å². The molecule has 0 heterocycles. The Hall–Kier alpha value is -1.93. The minimum absolute atomic E-state index is 0.00201. The number of hydrogen-bond acceptors (Lipinski definition) is 5. The van der Waals surface area contributed by atoms with Gasteiger partial charge in [0, 0.05) is 20.1 Å². The molecule has 0 unspecified atom stereocenters. The van der Waals surface area contributed by atoms with Crippen LogP contribution >= 0.6 is 0 Å². The number of sulfonamides is 1. The van der Waals surface area contributed by atoms with E-state index in [0.717, 1.165) is 23.6 Å². The highest BCUT2D eigenvalue weighted by molar-refractivity contribution is 7.89. The van der Waals surface area contributed by atoms with Gasteiger partial charge in [0.05, 0.1) is 10.5 Å². The van der Waals surface area contributed by atoms with Crippen LogP contribution in [0.5, 0.6) is 0 Å². The second kappa shape index (κ2) is 9.26. The summed E-state index contributed by atoms with van der Waals surface area (Å²) >= 11 is 0. The lowest BCUT2D eigenvalue weighted by molar-refractivity contribution is -0.130. The van der Waals surface area contributed by atoms with Gasteiger partial charge in [0.15, 0.2) is 6.10 Å². The summed E-state index contributed by atoms with van der Waals surface area (Å²) < 4.78 is 31.1. The Morgan fingerprint density at radius 1 is 1.21 bits per heavy atom. The normalized spacial score (nSPS) is 23.5. The largest absolute Gasteiger partial charge is 0.449 e. The number of ether oxygens (including phenoxy) is 1. The third-order valence-electron chi connectivity index (χ3n) is 5.90. The van der Waals surface area contributed by atoms with Crippen molar-refractivity contribution >= 4 is 21.9 Å². The third kappa shape index (κ3) is 5.36. The number of hydrogen-bond donors (Lipinski definition) is 1. The number of nitrogens with one attached hydrogen (secondary N) is 1. The molecule has 1 aromatic rings. The second-order valence-electron chi connectivity index (χ2n) is 8.19. The minimum atomic E-state index is -3.68. The first-order valence-corrected chi connectivity index (χ1v) is 11.4. The Morgan fingerprint density at radius 3 is 2.48 bits per heavy atom. The van der Waals surface area contributed by atoms with E-state index in [2.05, 4.69) is 19.2 Å². The lowest BCUT2D eigenvalue weighted by atomic mass is 9.78. The molecule has 1 aromatic carbocycles. The zero-order chi connectivity index (χ0) is 21.9. The molecule has 0 spiro atoms. The molecule has 0 radical (unpaired) electrons. The Kier molecular flexibility index (Phi) is 7.45. The SMILES string of the molecule is Cc1ccc(S(=O)(=O)N(C)C)cc1C(=O)O[C@H](C)C(=O)N[C@H]1CCC[C@H](C)[C@@H]1C. The van der Waals surface area contributed by atoms with Crippen LogP contribution in [0.15, 0.2) is 23.1 Å². The Labute approximate surface area is 173 Å². The summed E-state index contributed by atoms with van der Waals surface area (Å²) in [5.41, 5.74) is 0.710. The van der Waals surface area contributed by atoms with Crippen LogP contribution in [0.2, 0.25) is 0 Å². The maximum absolute atomic E-state index is 12.6. The van der Waals surface area contributed by atoms with E-state index in [4.69, 9.17) is 4.74 Å². The number of amides is 1. The average molecular weight is 425 g/mol. The summed E-state index contributed by atoms with van der Waals surface area (Å²) in [6, 6.07) is 4.37. The van der Waals surface area contributed by atoms with Crippen molar-refractivity contribution in [2.45, 2.75) is 64.0 Å². The molecule has 162 valence electrons. The summed E-state index contributed by atoms with van der Waals surface area (Å²) in [5, 5.41) is 3.00. The van der Waals surface area contributed by atoms with E-state index in [9.17, 15) is 18.0 Å². The standard InChI is InChI=1S/C21H32N2O5S/c1-13-8-7-9-19(15(13)3)22-20(24)16(4)28-21(25)18-12-17(11-10-14(18)2)29(26,27)23(5)6/h10-13,15-16,19H,7-9H2,1-6H3,(H,22,24)/t13-,15-,16+,19-/m0/s1. The van der Waals surface area contributed by atoms with Crippen molar-refractivity contribution in [2.75, 3.05) is 14.1 Å². The van der Waals surface area contributed by atoms with Gasteiger partial charge in [0.2, 0.25) is 10.0 Å². The summed E-state index contributed by atoms with van der Waals surface area (Å²) in [7, 11) is -0.832. The average Bonchev–Trinajstić information content (AvgIpc) is 2.65. The van der Waals surface area contributed by atoms with Crippen LogP contribution in [0.4, 0.5) is 0 Å². The number of benzene rings is 1. The van der Waals surface area contributed by atoms with E-state index in [1.807, 2.05) is 0 Å².